The zero-order valence-electron chi connectivity index (χ0n) is 12.0. The molecule has 0 atom stereocenters. The highest BCUT2D eigenvalue weighted by molar-refractivity contribution is 7.89. The van der Waals surface area contributed by atoms with Gasteiger partial charge in [0.15, 0.2) is 0 Å². The van der Waals surface area contributed by atoms with Crippen molar-refractivity contribution < 1.29 is 23.1 Å². The molecule has 2 N–H and O–H groups in total. The maximum absolute atomic E-state index is 12.1. The summed E-state index contributed by atoms with van der Waals surface area (Å²) in [6.45, 7) is 0.976. The summed E-state index contributed by atoms with van der Waals surface area (Å²) in [5.74, 6) is -1.47. The van der Waals surface area contributed by atoms with Gasteiger partial charge in [0.05, 0.1) is 17.0 Å². The molecule has 22 heavy (non-hydrogen) atoms. The summed E-state index contributed by atoms with van der Waals surface area (Å²) >= 11 is 0. The highest BCUT2D eigenvalue weighted by Crippen LogP contribution is 2.12. The van der Waals surface area contributed by atoms with Crippen molar-refractivity contribution in [3.8, 4) is 0 Å². The lowest BCUT2D eigenvalue weighted by Crippen LogP contribution is -2.42. The van der Waals surface area contributed by atoms with Crippen molar-refractivity contribution in [2.45, 2.75) is 24.2 Å². The molecule has 1 aliphatic rings. The molecule has 0 radical (unpaired) electrons. The van der Waals surface area contributed by atoms with Crippen LogP contribution in [-0.4, -0.2) is 49.9 Å². The van der Waals surface area contributed by atoms with Crippen LogP contribution >= 0.6 is 0 Å². The molecule has 1 fully saturated rings. The fourth-order valence-electron chi connectivity index (χ4n) is 2.29. The zero-order valence-corrected chi connectivity index (χ0v) is 12.8. The molecule has 7 nitrogen and oxygen atoms in total. The van der Waals surface area contributed by atoms with Gasteiger partial charge in [-0.1, -0.05) is 6.07 Å². The predicted molar refractivity (Wildman–Crippen MR) is 79.0 cm³/mol. The summed E-state index contributed by atoms with van der Waals surface area (Å²) in [7, 11) is -3.91. The van der Waals surface area contributed by atoms with Crippen LogP contribution in [0.4, 0.5) is 0 Å². The van der Waals surface area contributed by atoms with Gasteiger partial charge >= 0.3 is 5.97 Å². The van der Waals surface area contributed by atoms with Gasteiger partial charge in [0, 0.05) is 13.1 Å². The van der Waals surface area contributed by atoms with E-state index in [0.29, 0.717) is 13.1 Å². The standard InChI is InChI=1S/C14H18N2O5S/c17-13(16-7-2-1-3-8-16)10-15-22(20,21)12-6-4-5-11(9-12)14(18)19/h4-6,9,15H,1-3,7-8,10H2,(H,18,19). The average Bonchev–Trinajstić information content (AvgIpc) is 2.53. The van der Waals surface area contributed by atoms with Gasteiger partial charge in [0.1, 0.15) is 0 Å². The van der Waals surface area contributed by atoms with Crippen LogP contribution in [0.25, 0.3) is 0 Å². The molecule has 2 rings (SSSR count). The number of nitrogens with one attached hydrogen (secondary N) is 1. The number of sulfonamides is 1. The number of benzene rings is 1. The highest BCUT2D eigenvalue weighted by atomic mass is 32.2. The molecule has 1 saturated heterocycles. The van der Waals surface area contributed by atoms with Crippen molar-refractivity contribution in [3.05, 3.63) is 29.8 Å². The minimum atomic E-state index is -3.91. The van der Waals surface area contributed by atoms with Crippen LogP contribution in [0.2, 0.25) is 0 Å². The third-order valence-electron chi connectivity index (χ3n) is 3.51. The van der Waals surface area contributed by atoms with Crippen LogP contribution in [0.5, 0.6) is 0 Å². The molecule has 0 saturated carbocycles. The second kappa shape index (κ2) is 6.89. The molecule has 0 aromatic heterocycles. The third kappa shape index (κ3) is 4.05. The molecule has 1 aliphatic heterocycles. The van der Waals surface area contributed by atoms with Gasteiger partial charge < -0.3 is 10.0 Å². The van der Waals surface area contributed by atoms with Gasteiger partial charge in [0.25, 0.3) is 0 Å². The van der Waals surface area contributed by atoms with Crippen LogP contribution in [0, 0.1) is 0 Å². The normalized spacial score (nSPS) is 15.5. The van der Waals surface area contributed by atoms with Crippen LogP contribution in [0.1, 0.15) is 29.6 Å². The number of carboxylic acids is 1. The topological polar surface area (TPSA) is 104 Å². The molecule has 0 spiro atoms. The number of likely N-dealkylation sites (tertiary alicyclic amines) is 1. The summed E-state index contributed by atoms with van der Waals surface area (Å²) in [5.41, 5.74) is -0.120. The van der Waals surface area contributed by atoms with Crippen molar-refractivity contribution in [2.75, 3.05) is 19.6 Å². The van der Waals surface area contributed by atoms with E-state index < -0.39 is 16.0 Å². The number of hydrogen-bond donors (Lipinski definition) is 2. The second-order valence-electron chi connectivity index (χ2n) is 5.10. The Bertz CT molecular complexity index is 666. The number of hydrogen-bond acceptors (Lipinski definition) is 4. The Morgan fingerprint density at radius 3 is 2.50 bits per heavy atom. The molecule has 1 aromatic rings. The number of carboxylic acid groups (broad SMARTS) is 1. The summed E-state index contributed by atoms with van der Waals surface area (Å²) in [6, 6.07) is 5.01. The minimum Gasteiger partial charge on any atom is -0.478 e. The largest absolute Gasteiger partial charge is 0.478 e. The van der Waals surface area contributed by atoms with Crippen molar-refractivity contribution >= 4 is 21.9 Å². The maximum atomic E-state index is 12.1. The predicted octanol–water partition coefficient (Wildman–Crippen LogP) is 0.676. The second-order valence-corrected chi connectivity index (χ2v) is 6.87. The molecule has 1 heterocycles. The van der Waals surface area contributed by atoms with Crippen molar-refractivity contribution in [2.24, 2.45) is 0 Å². The number of piperidine rings is 1. The lowest BCUT2D eigenvalue weighted by molar-refractivity contribution is -0.130. The first-order valence-electron chi connectivity index (χ1n) is 7.01. The van der Waals surface area contributed by atoms with Crippen molar-refractivity contribution in [3.63, 3.8) is 0 Å². The first-order chi connectivity index (χ1) is 10.4. The smallest absolute Gasteiger partial charge is 0.335 e. The Hall–Kier alpha value is -1.93. The Balaban J connectivity index is 2.03. The molecule has 1 aromatic carbocycles. The molecule has 0 aliphatic carbocycles. The van der Waals surface area contributed by atoms with Gasteiger partial charge in [-0.2, -0.15) is 0 Å². The van der Waals surface area contributed by atoms with Gasteiger partial charge in [-0.05, 0) is 37.5 Å². The van der Waals surface area contributed by atoms with Crippen LogP contribution in [0.15, 0.2) is 29.2 Å². The molecule has 120 valence electrons. The third-order valence-corrected chi connectivity index (χ3v) is 4.91. The van der Waals surface area contributed by atoms with Gasteiger partial charge in [-0.3, -0.25) is 4.79 Å². The average molecular weight is 326 g/mol. The van der Waals surface area contributed by atoms with E-state index in [1.54, 1.807) is 4.90 Å². The Kier molecular flexibility index (Phi) is 5.15. The van der Waals surface area contributed by atoms with E-state index in [4.69, 9.17) is 5.11 Å². The van der Waals surface area contributed by atoms with Crippen LogP contribution < -0.4 is 4.72 Å². The molecular weight excluding hydrogens is 308 g/mol. The maximum Gasteiger partial charge on any atom is 0.335 e. The van der Waals surface area contributed by atoms with E-state index in [2.05, 4.69) is 4.72 Å². The van der Waals surface area contributed by atoms with Gasteiger partial charge in [-0.25, -0.2) is 17.9 Å². The van der Waals surface area contributed by atoms with E-state index in [0.717, 1.165) is 25.3 Å². The first-order valence-corrected chi connectivity index (χ1v) is 8.49. The SMILES string of the molecule is O=C(O)c1cccc(S(=O)(=O)NCC(=O)N2CCCCC2)c1. The Morgan fingerprint density at radius 1 is 1.18 bits per heavy atom. The van der Waals surface area contributed by atoms with Gasteiger partial charge in [0.2, 0.25) is 15.9 Å². The van der Waals surface area contributed by atoms with E-state index in [9.17, 15) is 18.0 Å². The number of aromatic carboxylic acids is 1. The van der Waals surface area contributed by atoms with E-state index in [-0.39, 0.29) is 22.9 Å². The molecule has 8 heteroatoms. The fourth-order valence-corrected chi connectivity index (χ4v) is 3.31. The minimum absolute atomic E-state index is 0.120. The summed E-state index contributed by atoms with van der Waals surface area (Å²) < 4.78 is 26.5. The van der Waals surface area contributed by atoms with E-state index >= 15 is 0 Å². The Labute approximate surface area is 129 Å². The summed E-state index contributed by atoms with van der Waals surface area (Å²) in [6.07, 6.45) is 2.94. The summed E-state index contributed by atoms with van der Waals surface area (Å²) in [4.78, 5) is 24.3. The fraction of sp³-hybridized carbons (Fsp3) is 0.429. The number of amides is 1. The molecular formula is C14H18N2O5S. The van der Waals surface area contributed by atoms with Gasteiger partial charge in [-0.15, -0.1) is 0 Å². The van der Waals surface area contributed by atoms with Crippen molar-refractivity contribution in [1.29, 1.82) is 0 Å². The number of carbonyl (C=O) groups is 2. The quantitative estimate of drug-likeness (QED) is 0.828. The summed E-state index contributed by atoms with van der Waals surface area (Å²) in [5, 5.41) is 8.89. The molecule has 0 bridgehead atoms. The molecule has 1 amide bonds. The lowest BCUT2D eigenvalue weighted by Gasteiger charge is -2.26. The van der Waals surface area contributed by atoms with Crippen LogP contribution in [0.3, 0.4) is 0 Å². The first kappa shape index (κ1) is 16.4. The number of nitrogens with zero attached hydrogens (tertiary/aromatic N) is 1. The van der Waals surface area contributed by atoms with Crippen LogP contribution in [-0.2, 0) is 14.8 Å². The van der Waals surface area contributed by atoms with E-state index in [1.807, 2.05) is 0 Å². The number of rotatable bonds is 5. The molecule has 0 unspecified atom stereocenters. The Morgan fingerprint density at radius 2 is 1.86 bits per heavy atom. The highest BCUT2D eigenvalue weighted by Gasteiger charge is 2.21. The monoisotopic (exact) mass is 326 g/mol. The lowest BCUT2D eigenvalue weighted by atomic mass is 10.1. The van der Waals surface area contributed by atoms with Crippen molar-refractivity contribution in [1.82, 2.24) is 9.62 Å². The van der Waals surface area contributed by atoms with E-state index in [1.165, 1.54) is 18.2 Å². The number of carbonyl (C=O) groups excluding carboxylic acids is 1. The zero-order chi connectivity index (χ0) is 16.2.